The fourth-order valence-corrected chi connectivity index (χ4v) is 11.0. The van der Waals surface area contributed by atoms with Crippen molar-refractivity contribution < 1.29 is 212 Å². The van der Waals surface area contributed by atoms with E-state index in [1.54, 1.807) is 94.4 Å². The zero-order valence-electron chi connectivity index (χ0n) is 62.2. The topological polar surface area (TPSA) is 266 Å². The first-order valence-corrected chi connectivity index (χ1v) is 33.7. The van der Waals surface area contributed by atoms with Crippen molar-refractivity contribution in [2.75, 3.05) is 12.4 Å². The Morgan fingerprint density at radius 2 is 0.661 bits per heavy atom. The Hall–Kier alpha value is -8.03. The van der Waals surface area contributed by atoms with Gasteiger partial charge in [-0.05, 0) is 145 Å². The third-order valence-electron chi connectivity index (χ3n) is 15.5. The number of aromatic nitrogens is 16. The van der Waals surface area contributed by atoms with Crippen LogP contribution in [0.4, 0.5) is 52.7 Å². The van der Waals surface area contributed by atoms with Crippen molar-refractivity contribution in [3.05, 3.63) is 262 Å². The first kappa shape index (κ1) is 97.5. The van der Waals surface area contributed by atoms with Gasteiger partial charge in [0.05, 0.1) is 46.6 Å². The molecule has 0 fully saturated rings. The summed E-state index contributed by atoms with van der Waals surface area (Å²) in [6, 6.07) is 43.1. The number of nitrogens with zero attached hydrogens (tertiary/aromatic N) is 16. The van der Waals surface area contributed by atoms with Gasteiger partial charge in [0.2, 0.25) is 0 Å². The molecule has 26 nitrogen and oxygen atoms in total. The van der Waals surface area contributed by atoms with Crippen molar-refractivity contribution in [3.8, 4) is 57.2 Å². The third kappa shape index (κ3) is 25.0. The molecule has 0 aliphatic carbocycles. The predicted molar refractivity (Wildman–Crippen MR) is 373 cm³/mol. The molecule has 0 saturated heterocycles. The number of benzene rings is 8. The van der Waals surface area contributed by atoms with Crippen LogP contribution in [-0.2, 0) is 210 Å². The number of hydrogen-bond acceptors (Lipinski definition) is 19. The monoisotopic (exact) mass is 1930 g/mol. The Labute approximate surface area is 751 Å². The minimum absolute atomic E-state index is 0. The Bertz CT molecular complexity index is 5290. The molecule has 0 saturated carbocycles. The molecule has 0 amide bonds. The number of aryl methyl sites for hydroxylation is 5. The Morgan fingerprint density at radius 3 is 0.965 bits per heavy atom. The normalized spacial score (nSPS) is 11.2. The van der Waals surface area contributed by atoms with Crippen LogP contribution in [0.3, 0.4) is 0 Å². The molecule has 0 spiro atoms. The second-order valence-electron chi connectivity index (χ2n) is 23.4. The van der Waals surface area contributed by atoms with E-state index in [9.17, 15) is 71.9 Å². The quantitative estimate of drug-likeness (QED) is 0.0347. The van der Waals surface area contributed by atoms with Crippen molar-refractivity contribution in [2.45, 2.75) is 96.8 Å². The van der Waals surface area contributed by atoms with E-state index in [4.69, 9.17) is 28.4 Å². The van der Waals surface area contributed by atoms with E-state index < -0.39 is 69.7 Å². The molecular formula is C72H64F12N16O10SY4-4. The van der Waals surface area contributed by atoms with Crippen LogP contribution in [0, 0.1) is 31.2 Å². The molecular weight excluding hydrogens is 1860 g/mol. The second kappa shape index (κ2) is 43.4. The van der Waals surface area contributed by atoms with Gasteiger partial charge in [-0.15, -0.1) is 36.0 Å². The Balaban J connectivity index is 0.000000271. The van der Waals surface area contributed by atoms with Gasteiger partial charge in [0.25, 0.3) is 0 Å². The summed E-state index contributed by atoms with van der Waals surface area (Å²) in [4.78, 5) is 49.6. The average molecular weight is 1930 g/mol. The molecule has 4 aromatic heterocycles. The van der Waals surface area contributed by atoms with Gasteiger partial charge in [0, 0.05) is 198 Å². The van der Waals surface area contributed by atoms with E-state index in [0.717, 1.165) is 77.9 Å². The van der Waals surface area contributed by atoms with Gasteiger partial charge in [-0.25, -0.2) is 19.2 Å². The van der Waals surface area contributed by atoms with Gasteiger partial charge in [-0.3, -0.25) is 0 Å². The summed E-state index contributed by atoms with van der Waals surface area (Å²) in [7, 11) is 5.79. The van der Waals surface area contributed by atoms with E-state index in [1.165, 1.54) is 88.5 Å². The molecule has 598 valence electrons. The minimum atomic E-state index is -4.59. The predicted octanol–water partition coefficient (Wildman–Crippen LogP) is 12.1. The number of alkyl halides is 12. The van der Waals surface area contributed by atoms with Crippen molar-refractivity contribution >= 4 is 11.8 Å². The van der Waals surface area contributed by atoms with E-state index in [2.05, 4.69) is 66.0 Å². The maximum absolute atomic E-state index is 13.2. The zero-order valence-corrected chi connectivity index (χ0v) is 74.3. The summed E-state index contributed by atoms with van der Waals surface area (Å²) in [6.45, 7) is 8.52. The van der Waals surface area contributed by atoms with Gasteiger partial charge in [0.15, 0.2) is 0 Å². The third-order valence-corrected chi connectivity index (χ3v) is 16.5. The van der Waals surface area contributed by atoms with Crippen LogP contribution >= 0.6 is 11.8 Å². The Morgan fingerprint density at radius 1 is 0.374 bits per heavy atom. The summed E-state index contributed by atoms with van der Waals surface area (Å²) in [6.07, 6.45) is -18.5. The molecule has 0 atom stereocenters. The molecule has 4 radical (unpaired) electrons. The minimum Gasteiger partial charge on any atom is -0.514 e. The molecule has 115 heavy (non-hydrogen) atoms. The molecule has 12 rings (SSSR count). The molecule has 0 aliphatic heterocycles. The Kier molecular flexibility index (Phi) is 36.8. The van der Waals surface area contributed by atoms with Crippen molar-refractivity contribution in [1.82, 2.24) is 79.2 Å². The number of thioether (sulfide) groups is 1. The smallest absolute Gasteiger partial charge is 0.373 e. The van der Waals surface area contributed by atoms with Crippen LogP contribution in [-0.4, -0.2) is 97.6 Å². The summed E-state index contributed by atoms with van der Waals surface area (Å²) >= 11 is 1.49. The standard InChI is InChI=1S/C19H18F3N4O3.C18H16F3N4O3.C18H16F3N4O2S.C17H14F3N4O2.4Y/c1-12(2)29-16-10-6-8-15(26-18(27)25(3)23-24-26)13(16)11-28-17-9-5-4-7-14(17)19(20,21)22;1-3-27-15-10-6-8-14(25-17(26)24(2)22-23-25)12(15)11-28-16-9-5-4-7-13(16)18(19,20)21;1-3-28-16-10-6-8-14(25-17(26)24(2)22-23-25)12(16)11-27-15-9-5-4-7-13(15)18(19,20)21;1-11-6-5-8-14(24-16(25)23(2)21-22-24)12(11)10-26-15-9-4-3-7-13(15)17(18,19)20;;;;/h5-10,12H,11H2,1-3H3;2*5-10H,3,11H2,1-2H3;4-9H,10H2,1-2H3;;;;/q4*-1;;;;. The van der Waals surface area contributed by atoms with Crippen LogP contribution in [0.25, 0.3) is 22.7 Å². The van der Waals surface area contributed by atoms with Crippen LogP contribution in [0.5, 0.6) is 34.5 Å². The van der Waals surface area contributed by atoms with E-state index in [0.29, 0.717) is 63.1 Å². The number of hydrogen-bond donors (Lipinski definition) is 0. The maximum atomic E-state index is 13.2. The van der Waals surface area contributed by atoms with E-state index in [-0.39, 0.29) is 186 Å². The van der Waals surface area contributed by atoms with Gasteiger partial charge in [-0.1, -0.05) is 37.3 Å². The van der Waals surface area contributed by atoms with Crippen LogP contribution in [0.1, 0.15) is 77.8 Å². The SMILES string of the molecule is CC(C)Oc1cccc(-n2nnn(C)c2=O)c1COc1cc[c-]cc1C(F)(F)F.CCOc1cccc(-n2nnn(C)c2=O)c1COc1cc[c-]cc1C(F)(F)F.CCSc1cccc(-n2nnn(C)c2=O)c1COc1cc[c-]cc1C(F)(F)F.Cc1cccc(-n2nnn(C)c2=O)c1COc1cc[c-]cc1C(F)(F)F.[Y].[Y].[Y].[Y]. The largest absolute Gasteiger partial charge is 0.514 e. The first-order valence-electron chi connectivity index (χ1n) is 32.8. The van der Waals surface area contributed by atoms with Crippen molar-refractivity contribution in [3.63, 3.8) is 0 Å². The number of ether oxygens (including phenoxy) is 6. The van der Waals surface area contributed by atoms with Gasteiger partial charge in [-0.2, -0.15) is 163 Å². The maximum Gasteiger partial charge on any atom is 0.373 e. The van der Waals surface area contributed by atoms with Crippen molar-refractivity contribution in [1.29, 1.82) is 0 Å². The van der Waals surface area contributed by atoms with E-state index in [1.807, 2.05) is 13.0 Å². The summed E-state index contributed by atoms with van der Waals surface area (Å²) in [5, 5.41) is 29.9. The van der Waals surface area contributed by atoms with Crippen LogP contribution in [0.15, 0.2) is 170 Å². The molecule has 0 bridgehead atoms. The molecule has 4 heterocycles. The summed E-state index contributed by atoms with van der Waals surface area (Å²) in [5.74, 6) is 0.152. The zero-order chi connectivity index (χ0) is 80.7. The van der Waals surface area contributed by atoms with Gasteiger partial charge in [0.1, 0.15) is 37.9 Å². The molecule has 43 heteroatoms. The van der Waals surface area contributed by atoms with Crippen LogP contribution in [0.2, 0.25) is 0 Å². The average Bonchev–Trinajstić information content (AvgIpc) is 1.52. The summed E-state index contributed by atoms with van der Waals surface area (Å²) < 4.78 is 200. The number of halogens is 12. The molecule has 0 N–H and O–H groups in total. The van der Waals surface area contributed by atoms with E-state index >= 15 is 0 Å². The summed E-state index contributed by atoms with van der Waals surface area (Å²) in [5.41, 5.74) is -1.68. The first-order chi connectivity index (χ1) is 52.6. The fourth-order valence-electron chi connectivity index (χ4n) is 10.2. The number of rotatable bonds is 22. The van der Waals surface area contributed by atoms with Crippen molar-refractivity contribution in [2.24, 2.45) is 28.2 Å². The van der Waals surface area contributed by atoms with Gasteiger partial charge < -0.3 is 28.4 Å². The second-order valence-corrected chi connectivity index (χ2v) is 24.7. The molecule has 0 aliphatic rings. The van der Waals surface area contributed by atoms with Crippen LogP contribution < -0.4 is 51.2 Å². The molecule has 12 aromatic rings. The number of tetrazole rings is 4. The fraction of sp³-hybridized carbons (Fsp3) is 0.278. The van der Waals surface area contributed by atoms with Gasteiger partial charge >= 0.3 is 47.5 Å². The molecule has 8 aromatic carbocycles. The molecule has 0 unspecified atom stereocenters.